The van der Waals surface area contributed by atoms with Gasteiger partial charge in [0.25, 0.3) is 5.56 Å². The summed E-state index contributed by atoms with van der Waals surface area (Å²) in [5, 5.41) is 3.55. The third-order valence-electron chi connectivity index (χ3n) is 2.15. The minimum atomic E-state index is -0.0743. The summed E-state index contributed by atoms with van der Waals surface area (Å²) in [6, 6.07) is 8.58. The molecule has 0 aliphatic rings. The highest BCUT2D eigenvalue weighted by Crippen LogP contribution is 2.16. The molecule has 0 bridgehead atoms. The van der Waals surface area contributed by atoms with E-state index < -0.39 is 0 Å². The van der Waals surface area contributed by atoms with Crippen molar-refractivity contribution in [1.29, 1.82) is 0 Å². The van der Waals surface area contributed by atoms with Gasteiger partial charge in [0.15, 0.2) is 0 Å². The highest BCUT2D eigenvalue weighted by atomic mass is 35.5. The predicted molar refractivity (Wildman–Crippen MR) is 61.8 cm³/mol. The van der Waals surface area contributed by atoms with Gasteiger partial charge in [0.1, 0.15) is 12.4 Å². The number of H-pyrrole nitrogens is 1. The summed E-state index contributed by atoms with van der Waals surface area (Å²) in [6.45, 7) is 0.331. The zero-order valence-corrected chi connectivity index (χ0v) is 9.49. The van der Waals surface area contributed by atoms with Crippen LogP contribution in [0, 0.1) is 0 Å². The van der Waals surface area contributed by atoms with Crippen molar-refractivity contribution in [2.75, 3.05) is 0 Å². The molecule has 2 rings (SSSR count). The molecule has 16 heavy (non-hydrogen) atoms. The van der Waals surface area contributed by atoms with Crippen LogP contribution in [-0.2, 0) is 13.7 Å². The standard InChI is InChI=1S/C11H11ClN2O2/c1-14-11(15)6-9(13-14)7-16-10-4-2-8(12)3-5-10/h2-6,13H,7H2,1H3. The Bertz CT molecular complexity index is 528. The van der Waals surface area contributed by atoms with Crippen LogP contribution in [0.1, 0.15) is 5.69 Å². The van der Waals surface area contributed by atoms with Gasteiger partial charge in [-0.05, 0) is 24.3 Å². The van der Waals surface area contributed by atoms with Crippen molar-refractivity contribution in [3.8, 4) is 5.75 Å². The van der Waals surface area contributed by atoms with Gasteiger partial charge in [-0.1, -0.05) is 11.6 Å². The van der Waals surface area contributed by atoms with Crippen LogP contribution in [0.4, 0.5) is 0 Å². The molecule has 0 unspecified atom stereocenters. The van der Waals surface area contributed by atoms with Crippen LogP contribution in [-0.4, -0.2) is 9.78 Å². The van der Waals surface area contributed by atoms with Gasteiger partial charge < -0.3 is 4.74 Å². The van der Waals surface area contributed by atoms with E-state index in [1.807, 2.05) is 0 Å². The molecule has 0 fully saturated rings. The number of nitrogens with zero attached hydrogens (tertiary/aromatic N) is 1. The third kappa shape index (κ3) is 2.46. The highest BCUT2D eigenvalue weighted by Gasteiger charge is 2.00. The van der Waals surface area contributed by atoms with Gasteiger partial charge in [0.2, 0.25) is 0 Å². The van der Waals surface area contributed by atoms with E-state index in [4.69, 9.17) is 16.3 Å². The predicted octanol–water partition coefficient (Wildman–Crippen LogP) is 1.95. The molecular weight excluding hydrogens is 228 g/mol. The second kappa shape index (κ2) is 4.45. The van der Waals surface area contributed by atoms with E-state index in [2.05, 4.69) is 5.10 Å². The van der Waals surface area contributed by atoms with E-state index >= 15 is 0 Å². The molecule has 0 aliphatic heterocycles. The number of aromatic amines is 1. The minimum Gasteiger partial charge on any atom is -0.487 e. The summed E-state index contributed by atoms with van der Waals surface area (Å²) in [7, 11) is 1.66. The Morgan fingerprint density at radius 1 is 1.38 bits per heavy atom. The summed E-state index contributed by atoms with van der Waals surface area (Å²) in [4.78, 5) is 11.2. The van der Waals surface area contributed by atoms with Crippen LogP contribution in [0.5, 0.6) is 5.75 Å². The number of halogens is 1. The summed E-state index contributed by atoms with van der Waals surface area (Å²) >= 11 is 5.75. The second-order valence-corrected chi connectivity index (χ2v) is 3.86. The Labute approximate surface area is 97.4 Å². The molecule has 0 aliphatic carbocycles. The zero-order valence-electron chi connectivity index (χ0n) is 8.74. The number of ether oxygens (including phenoxy) is 1. The smallest absolute Gasteiger partial charge is 0.266 e. The van der Waals surface area contributed by atoms with Crippen LogP contribution in [0.15, 0.2) is 35.1 Å². The number of rotatable bonds is 3. The maximum absolute atomic E-state index is 11.2. The lowest BCUT2D eigenvalue weighted by Gasteiger charge is -2.04. The third-order valence-corrected chi connectivity index (χ3v) is 2.40. The van der Waals surface area contributed by atoms with Gasteiger partial charge in [-0.15, -0.1) is 0 Å². The first-order valence-corrected chi connectivity index (χ1v) is 5.16. The molecule has 0 saturated heterocycles. The average Bonchev–Trinajstić information content (AvgIpc) is 2.58. The summed E-state index contributed by atoms with van der Waals surface area (Å²) in [5.41, 5.74) is 0.664. The van der Waals surface area contributed by atoms with Crippen LogP contribution < -0.4 is 10.3 Å². The largest absolute Gasteiger partial charge is 0.487 e. The Hall–Kier alpha value is -1.68. The van der Waals surface area contributed by atoms with E-state index in [9.17, 15) is 4.79 Å². The maximum atomic E-state index is 11.2. The molecule has 0 saturated carbocycles. The van der Waals surface area contributed by atoms with E-state index in [1.165, 1.54) is 10.7 Å². The lowest BCUT2D eigenvalue weighted by molar-refractivity contribution is 0.300. The molecule has 2 aromatic rings. The molecule has 1 N–H and O–H groups in total. The Kier molecular flexibility index (Phi) is 3.01. The van der Waals surface area contributed by atoms with Gasteiger partial charge in [-0.25, -0.2) is 0 Å². The summed E-state index contributed by atoms with van der Waals surface area (Å²) < 4.78 is 6.88. The van der Waals surface area contributed by atoms with Gasteiger partial charge in [0.05, 0.1) is 5.69 Å². The molecule has 4 nitrogen and oxygen atoms in total. The average molecular weight is 239 g/mol. The molecule has 84 valence electrons. The fourth-order valence-electron chi connectivity index (χ4n) is 1.31. The molecule has 1 aromatic carbocycles. The Balaban J connectivity index is 2.02. The minimum absolute atomic E-state index is 0.0743. The van der Waals surface area contributed by atoms with Crippen molar-refractivity contribution < 1.29 is 4.74 Å². The van der Waals surface area contributed by atoms with Gasteiger partial charge in [-0.2, -0.15) is 0 Å². The van der Waals surface area contributed by atoms with Crippen molar-refractivity contribution >= 4 is 11.6 Å². The quantitative estimate of drug-likeness (QED) is 0.889. The topological polar surface area (TPSA) is 47.0 Å². The van der Waals surface area contributed by atoms with Crippen molar-refractivity contribution in [2.24, 2.45) is 7.05 Å². The van der Waals surface area contributed by atoms with Crippen LogP contribution >= 0.6 is 11.6 Å². The number of nitrogens with one attached hydrogen (secondary N) is 1. The molecule has 1 heterocycles. The molecule has 0 amide bonds. The van der Waals surface area contributed by atoms with Crippen LogP contribution in [0.25, 0.3) is 0 Å². The summed E-state index contributed by atoms with van der Waals surface area (Å²) in [6.07, 6.45) is 0. The number of aromatic nitrogens is 2. The molecule has 1 aromatic heterocycles. The first kappa shape index (κ1) is 10.8. The van der Waals surface area contributed by atoms with E-state index in [0.29, 0.717) is 17.4 Å². The number of aryl methyl sites for hydroxylation is 1. The van der Waals surface area contributed by atoms with Crippen molar-refractivity contribution in [3.63, 3.8) is 0 Å². The van der Waals surface area contributed by atoms with E-state index in [0.717, 1.165) is 5.69 Å². The van der Waals surface area contributed by atoms with Crippen molar-refractivity contribution in [3.05, 3.63) is 51.4 Å². The fourth-order valence-corrected chi connectivity index (χ4v) is 1.44. The van der Waals surface area contributed by atoms with Crippen molar-refractivity contribution in [1.82, 2.24) is 9.78 Å². The monoisotopic (exact) mass is 238 g/mol. The highest BCUT2D eigenvalue weighted by molar-refractivity contribution is 6.30. The first-order chi connectivity index (χ1) is 7.65. The Morgan fingerprint density at radius 2 is 2.06 bits per heavy atom. The number of hydrogen-bond acceptors (Lipinski definition) is 2. The normalized spacial score (nSPS) is 10.4. The van der Waals surface area contributed by atoms with Crippen LogP contribution in [0.2, 0.25) is 5.02 Å². The zero-order chi connectivity index (χ0) is 11.5. The molecule has 0 radical (unpaired) electrons. The number of hydrogen-bond donors (Lipinski definition) is 1. The van der Waals surface area contributed by atoms with E-state index in [1.54, 1.807) is 31.3 Å². The van der Waals surface area contributed by atoms with Gasteiger partial charge in [-0.3, -0.25) is 14.6 Å². The molecular formula is C11H11ClN2O2. The second-order valence-electron chi connectivity index (χ2n) is 3.42. The van der Waals surface area contributed by atoms with Crippen molar-refractivity contribution in [2.45, 2.75) is 6.61 Å². The Morgan fingerprint density at radius 3 is 2.62 bits per heavy atom. The van der Waals surface area contributed by atoms with Gasteiger partial charge >= 0.3 is 0 Å². The fraction of sp³-hybridized carbons (Fsp3) is 0.182. The number of benzene rings is 1. The van der Waals surface area contributed by atoms with E-state index in [-0.39, 0.29) is 5.56 Å². The molecule has 5 heteroatoms. The molecule has 0 spiro atoms. The lowest BCUT2D eigenvalue weighted by atomic mass is 10.3. The van der Waals surface area contributed by atoms with Gasteiger partial charge in [0, 0.05) is 18.1 Å². The SMILES string of the molecule is Cn1[nH]c(COc2ccc(Cl)cc2)cc1=O. The van der Waals surface area contributed by atoms with Crippen LogP contribution in [0.3, 0.4) is 0 Å². The maximum Gasteiger partial charge on any atom is 0.266 e. The lowest BCUT2D eigenvalue weighted by Crippen LogP contribution is -2.09. The molecule has 0 atom stereocenters. The first-order valence-electron chi connectivity index (χ1n) is 4.78. The summed E-state index contributed by atoms with van der Waals surface area (Å²) in [5.74, 6) is 0.717.